The van der Waals surface area contributed by atoms with E-state index < -0.39 is 0 Å². The Labute approximate surface area is 123 Å². The maximum Gasteiger partial charge on any atom is 0.231 e. The Morgan fingerprint density at radius 3 is 2.76 bits per heavy atom. The Morgan fingerprint density at radius 2 is 2.05 bits per heavy atom. The van der Waals surface area contributed by atoms with Gasteiger partial charge in [-0.1, -0.05) is 30.4 Å². The van der Waals surface area contributed by atoms with E-state index in [-0.39, 0.29) is 5.75 Å². The van der Waals surface area contributed by atoms with Gasteiger partial charge in [-0.15, -0.1) is 0 Å². The molecule has 3 aromatic rings. The highest BCUT2D eigenvalue weighted by atomic mass is 16.3. The quantitative estimate of drug-likeness (QED) is 0.711. The van der Waals surface area contributed by atoms with Gasteiger partial charge in [0, 0.05) is 0 Å². The van der Waals surface area contributed by atoms with Crippen LogP contribution in [0.15, 0.2) is 53.0 Å². The molecule has 0 fully saturated rings. The molecule has 1 heterocycles. The molecule has 2 aromatic carbocycles. The van der Waals surface area contributed by atoms with Crippen molar-refractivity contribution in [3.63, 3.8) is 0 Å². The number of phenols is 1. The second-order valence-electron chi connectivity index (χ2n) is 5.44. The van der Waals surface area contributed by atoms with Crippen LogP contribution in [0.5, 0.6) is 5.75 Å². The van der Waals surface area contributed by atoms with Crippen LogP contribution in [0.3, 0.4) is 0 Å². The second-order valence-corrected chi connectivity index (χ2v) is 5.44. The van der Waals surface area contributed by atoms with Gasteiger partial charge < -0.3 is 9.52 Å². The van der Waals surface area contributed by atoms with E-state index in [0.29, 0.717) is 17.9 Å². The summed E-state index contributed by atoms with van der Waals surface area (Å²) < 4.78 is 5.76. The van der Waals surface area contributed by atoms with Crippen LogP contribution < -0.4 is 0 Å². The first kappa shape index (κ1) is 13.4. The Kier molecular flexibility index (Phi) is 3.26. The van der Waals surface area contributed by atoms with E-state index >= 15 is 0 Å². The molecule has 0 saturated carbocycles. The van der Waals surface area contributed by atoms with Crippen LogP contribution >= 0.6 is 0 Å². The highest BCUT2D eigenvalue weighted by Gasteiger charge is 2.16. The number of rotatable bonds is 3. The Hall–Kier alpha value is -2.55. The molecule has 106 valence electrons. The highest BCUT2D eigenvalue weighted by Crippen LogP contribution is 2.35. The molecule has 3 nitrogen and oxygen atoms in total. The van der Waals surface area contributed by atoms with E-state index in [1.807, 2.05) is 50.2 Å². The summed E-state index contributed by atoms with van der Waals surface area (Å²) in [4.78, 5) is 4.46. The minimum absolute atomic E-state index is 0.218. The first-order valence-electron chi connectivity index (χ1n) is 6.87. The van der Waals surface area contributed by atoms with Gasteiger partial charge in [0.25, 0.3) is 0 Å². The molecular formula is C18H17NO2. The standard InChI is InChI=1S/C18H17NO2/c1-11(2)8-13-9-12(3)10-14(17(13)20)18-19-15-6-4-5-7-16(15)21-18/h4-7,9-10,20H,1,8H2,2-3H3. The fraction of sp³-hybridized carbons (Fsp3) is 0.167. The van der Waals surface area contributed by atoms with Gasteiger partial charge >= 0.3 is 0 Å². The number of aryl methyl sites for hydroxylation is 1. The van der Waals surface area contributed by atoms with Crippen molar-refractivity contribution in [2.75, 3.05) is 0 Å². The fourth-order valence-electron chi connectivity index (χ4n) is 2.46. The van der Waals surface area contributed by atoms with Crippen LogP contribution in [-0.4, -0.2) is 10.1 Å². The summed E-state index contributed by atoms with van der Waals surface area (Å²) in [6.07, 6.45) is 0.640. The summed E-state index contributed by atoms with van der Waals surface area (Å²) in [5, 5.41) is 10.5. The van der Waals surface area contributed by atoms with Gasteiger partial charge in [-0.05, 0) is 49.6 Å². The van der Waals surface area contributed by atoms with Gasteiger partial charge in [0.15, 0.2) is 5.58 Å². The molecule has 3 rings (SSSR count). The molecule has 1 aromatic heterocycles. The van der Waals surface area contributed by atoms with Gasteiger partial charge in [0.05, 0.1) is 5.56 Å². The van der Waals surface area contributed by atoms with Crippen molar-refractivity contribution in [2.24, 2.45) is 0 Å². The van der Waals surface area contributed by atoms with Crippen LogP contribution in [0.1, 0.15) is 18.1 Å². The molecule has 0 aliphatic carbocycles. The predicted octanol–water partition coefficient (Wildman–Crippen LogP) is 4.63. The Morgan fingerprint density at radius 1 is 1.29 bits per heavy atom. The monoisotopic (exact) mass is 279 g/mol. The van der Waals surface area contributed by atoms with E-state index in [4.69, 9.17) is 4.42 Å². The first-order valence-corrected chi connectivity index (χ1v) is 6.87. The average molecular weight is 279 g/mol. The lowest BCUT2D eigenvalue weighted by Gasteiger charge is -2.09. The molecule has 0 amide bonds. The molecule has 0 radical (unpaired) electrons. The van der Waals surface area contributed by atoms with Crippen molar-refractivity contribution < 1.29 is 9.52 Å². The minimum atomic E-state index is 0.218. The number of phenolic OH excluding ortho intramolecular Hbond substituents is 1. The van der Waals surface area contributed by atoms with E-state index in [2.05, 4.69) is 11.6 Å². The number of fused-ring (bicyclic) bond motifs is 1. The average Bonchev–Trinajstić information content (AvgIpc) is 2.85. The molecule has 0 spiro atoms. The van der Waals surface area contributed by atoms with Crippen LogP contribution in [0, 0.1) is 6.92 Å². The number of nitrogens with zero attached hydrogens (tertiary/aromatic N) is 1. The van der Waals surface area contributed by atoms with E-state index in [1.165, 1.54) is 0 Å². The van der Waals surface area contributed by atoms with Crippen LogP contribution in [0.2, 0.25) is 0 Å². The van der Waals surface area contributed by atoms with Crippen molar-refractivity contribution in [1.82, 2.24) is 4.98 Å². The van der Waals surface area contributed by atoms with Gasteiger partial charge in [-0.3, -0.25) is 0 Å². The van der Waals surface area contributed by atoms with Crippen molar-refractivity contribution in [1.29, 1.82) is 0 Å². The van der Waals surface area contributed by atoms with E-state index in [0.717, 1.165) is 27.8 Å². The number of hydrogen-bond acceptors (Lipinski definition) is 3. The summed E-state index contributed by atoms with van der Waals surface area (Å²) >= 11 is 0. The summed E-state index contributed by atoms with van der Waals surface area (Å²) in [6.45, 7) is 7.85. The third-order valence-electron chi connectivity index (χ3n) is 3.35. The predicted molar refractivity (Wildman–Crippen MR) is 84.4 cm³/mol. The van der Waals surface area contributed by atoms with E-state index in [9.17, 15) is 5.11 Å². The summed E-state index contributed by atoms with van der Waals surface area (Å²) in [5.41, 5.74) is 5.03. The Bertz CT molecular complexity index is 797. The number of allylic oxidation sites excluding steroid dienone is 1. The normalized spacial score (nSPS) is 11.0. The van der Waals surface area contributed by atoms with Crippen molar-refractivity contribution in [3.05, 3.63) is 59.7 Å². The largest absolute Gasteiger partial charge is 0.507 e. The topological polar surface area (TPSA) is 46.3 Å². The number of aromatic hydroxyl groups is 1. The zero-order valence-corrected chi connectivity index (χ0v) is 12.2. The lowest BCUT2D eigenvalue weighted by Crippen LogP contribution is -1.91. The second kappa shape index (κ2) is 5.09. The summed E-state index contributed by atoms with van der Waals surface area (Å²) in [6, 6.07) is 11.4. The smallest absolute Gasteiger partial charge is 0.231 e. The summed E-state index contributed by atoms with van der Waals surface area (Å²) in [7, 11) is 0. The third-order valence-corrected chi connectivity index (χ3v) is 3.35. The molecule has 0 bridgehead atoms. The zero-order valence-electron chi connectivity index (χ0n) is 12.2. The lowest BCUT2D eigenvalue weighted by molar-refractivity contribution is 0.468. The molecule has 1 N–H and O–H groups in total. The van der Waals surface area contributed by atoms with Gasteiger partial charge in [0.1, 0.15) is 11.3 Å². The molecule has 21 heavy (non-hydrogen) atoms. The SMILES string of the molecule is C=C(C)Cc1cc(C)cc(-c2nc3ccccc3o2)c1O. The zero-order chi connectivity index (χ0) is 15.0. The molecule has 0 aliphatic heterocycles. The molecular weight excluding hydrogens is 262 g/mol. The number of oxazole rings is 1. The Balaban J connectivity index is 2.17. The maximum absolute atomic E-state index is 10.5. The number of para-hydroxylation sites is 2. The molecule has 3 heteroatoms. The molecule has 0 unspecified atom stereocenters. The number of hydrogen-bond donors (Lipinski definition) is 1. The number of benzene rings is 2. The van der Waals surface area contributed by atoms with Gasteiger partial charge in [-0.2, -0.15) is 0 Å². The highest BCUT2D eigenvalue weighted by molar-refractivity contribution is 5.78. The molecule has 0 aliphatic rings. The van der Waals surface area contributed by atoms with Crippen molar-refractivity contribution in [2.45, 2.75) is 20.3 Å². The van der Waals surface area contributed by atoms with Crippen molar-refractivity contribution >= 4 is 11.1 Å². The van der Waals surface area contributed by atoms with Crippen LogP contribution in [-0.2, 0) is 6.42 Å². The summed E-state index contributed by atoms with van der Waals surface area (Å²) in [5.74, 6) is 0.663. The third kappa shape index (κ3) is 2.55. The van der Waals surface area contributed by atoms with Crippen LogP contribution in [0.4, 0.5) is 0 Å². The minimum Gasteiger partial charge on any atom is -0.507 e. The maximum atomic E-state index is 10.5. The first-order chi connectivity index (χ1) is 10.0. The number of aromatic nitrogens is 1. The van der Waals surface area contributed by atoms with Crippen molar-refractivity contribution in [3.8, 4) is 17.2 Å². The molecule has 0 atom stereocenters. The van der Waals surface area contributed by atoms with Crippen LogP contribution in [0.25, 0.3) is 22.6 Å². The van der Waals surface area contributed by atoms with Gasteiger partial charge in [-0.25, -0.2) is 4.98 Å². The fourth-order valence-corrected chi connectivity index (χ4v) is 2.46. The lowest BCUT2D eigenvalue weighted by atomic mass is 10.00. The van der Waals surface area contributed by atoms with Gasteiger partial charge in [0.2, 0.25) is 5.89 Å². The van der Waals surface area contributed by atoms with E-state index in [1.54, 1.807) is 0 Å². The molecule has 0 saturated heterocycles.